The van der Waals surface area contributed by atoms with Crippen molar-refractivity contribution in [3.63, 3.8) is 0 Å². The van der Waals surface area contributed by atoms with Crippen molar-refractivity contribution in [2.45, 2.75) is 6.92 Å². The summed E-state index contributed by atoms with van der Waals surface area (Å²) >= 11 is 11.8. The van der Waals surface area contributed by atoms with E-state index in [9.17, 15) is 0 Å². The Balaban J connectivity index is 2.19. The highest BCUT2D eigenvalue weighted by Gasteiger charge is 2.11. The summed E-state index contributed by atoms with van der Waals surface area (Å²) in [5.41, 5.74) is 2.28. The summed E-state index contributed by atoms with van der Waals surface area (Å²) in [6.07, 6.45) is 0. The predicted octanol–water partition coefficient (Wildman–Crippen LogP) is 2.54. The lowest BCUT2D eigenvalue weighted by molar-refractivity contribution is 0.810. The number of hydrogen-bond acceptors (Lipinski definition) is 3. The normalized spacial score (nSPS) is 11.3. The van der Waals surface area contributed by atoms with Crippen molar-refractivity contribution in [2.24, 2.45) is 0 Å². The van der Waals surface area contributed by atoms with Crippen LogP contribution in [-0.2, 0) is 0 Å². The summed E-state index contributed by atoms with van der Waals surface area (Å²) in [6.45, 7) is 5.79. The lowest BCUT2D eigenvalue weighted by Gasteiger charge is -1.97. The monoisotopic (exact) mass is 278 g/mol. The molecule has 18 heavy (non-hydrogen) atoms. The molecule has 90 valence electrons. The second-order valence-electron chi connectivity index (χ2n) is 3.94. The van der Waals surface area contributed by atoms with Crippen LogP contribution in [0, 0.1) is 6.92 Å². The molecule has 0 radical (unpaired) electrons. The van der Waals surface area contributed by atoms with E-state index in [0.29, 0.717) is 21.5 Å². The second kappa shape index (κ2) is 3.93. The molecule has 0 aliphatic heterocycles. The molecular formula is C12H8Cl2N4. The number of aromatic nitrogens is 4. The molecule has 2 aromatic heterocycles. The molecule has 3 aromatic rings. The van der Waals surface area contributed by atoms with Crippen LogP contribution in [0.25, 0.3) is 23.6 Å². The van der Waals surface area contributed by atoms with Crippen LogP contribution < -0.4 is 5.22 Å². The summed E-state index contributed by atoms with van der Waals surface area (Å²) in [7, 11) is 0. The minimum atomic E-state index is 0.475. The molecule has 3 rings (SSSR count). The molecule has 6 heteroatoms. The molecule has 0 N–H and O–H groups in total. The zero-order chi connectivity index (χ0) is 12.9. The van der Waals surface area contributed by atoms with Gasteiger partial charge in [-0.25, -0.2) is 4.98 Å². The van der Waals surface area contributed by atoms with Gasteiger partial charge in [0.15, 0.2) is 11.5 Å². The van der Waals surface area contributed by atoms with E-state index in [1.165, 1.54) is 4.63 Å². The third-order valence-electron chi connectivity index (χ3n) is 2.72. The third-order valence-corrected chi connectivity index (χ3v) is 3.46. The Hall–Kier alpha value is -1.65. The minimum absolute atomic E-state index is 0.475. The predicted molar refractivity (Wildman–Crippen MR) is 71.7 cm³/mol. The lowest BCUT2D eigenvalue weighted by Crippen LogP contribution is -1.98. The molecule has 0 fully saturated rings. The fourth-order valence-corrected chi connectivity index (χ4v) is 1.98. The first-order chi connectivity index (χ1) is 8.56. The largest absolute Gasteiger partial charge is 0.204 e. The number of fused-ring (bicyclic) bond motifs is 1. The molecule has 0 saturated carbocycles. The SMILES string of the molecule is C=c1c(C)nn2nc(-c3ccc(Cl)c(Cl)c3)nc12. The molecule has 1 aromatic carbocycles. The Morgan fingerprint density at radius 2 is 1.94 bits per heavy atom. The van der Waals surface area contributed by atoms with Gasteiger partial charge < -0.3 is 0 Å². The van der Waals surface area contributed by atoms with E-state index < -0.39 is 0 Å². The molecule has 0 unspecified atom stereocenters. The first-order valence-electron chi connectivity index (χ1n) is 5.24. The number of hydrogen-bond donors (Lipinski definition) is 0. The average Bonchev–Trinajstić information content (AvgIpc) is 2.85. The van der Waals surface area contributed by atoms with E-state index in [1.54, 1.807) is 12.1 Å². The van der Waals surface area contributed by atoms with Crippen molar-refractivity contribution in [3.8, 4) is 11.4 Å². The Kier molecular flexibility index (Phi) is 2.50. The quantitative estimate of drug-likeness (QED) is 0.687. The maximum atomic E-state index is 5.97. The fourth-order valence-electron chi connectivity index (χ4n) is 1.68. The summed E-state index contributed by atoms with van der Waals surface area (Å²) in [6, 6.07) is 5.27. The Morgan fingerprint density at radius 1 is 1.17 bits per heavy atom. The van der Waals surface area contributed by atoms with E-state index in [-0.39, 0.29) is 0 Å². The van der Waals surface area contributed by atoms with Crippen molar-refractivity contribution in [3.05, 3.63) is 39.2 Å². The molecule has 0 amide bonds. The van der Waals surface area contributed by atoms with Gasteiger partial charge in [0.1, 0.15) is 0 Å². The number of nitrogens with zero attached hydrogens (tertiary/aromatic N) is 4. The first kappa shape index (κ1) is 11.4. The summed E-state index contributed by atoms with van der Waals surface area (Å²) in [4.78, 5) is 4.40. The van der Waals surface area contributed by atoms with E-state index in [2.05, 4.69) is 21.8 Å². The van der Waals surface area contributed by atoms with Gasteiger partial charge in [0.2, 0.25) is 0 Å². The molecule has 0 bridgehead atoms. The Labute approximate surface area is 113 Å². The van der Waals surface area contributed by atoms with Crippen molar-refractivity contribution in [2.75, 3.05) is 0 Å². The molecule has 4 nitrogen and oxygen atoms in total. The topological polar surface area (TPSA) is 43.1 Å². The van der Waals surface area contributed by atoms with E-state index in [1.807, 2.05) is 13.0 Å². The summed E-state index contributed by atoms with van der Waals surface area (Å²) in [5, 5.41) is 10.3. The van der Waals surface area contributed by atoms with E-state index in [0.717, 1.165) is 16.5 Å². The summed E-state index contributed by atoms with van der Waals surface area (Å²) in [5.74, 6) is 0.556. The molecule has 0 saturated heterocycles. The van der Waals surface area contributed by atoms with Gasteiger partial charge in [-0.2, -0.15) is 5.10 Å². The zero-order valence-corrected chi connectivity index (χ0v) is 11.0. The van der Waals surface area contributed by atoms with Crippen LogP contribution in [0.2, 0.25) is 10.0 Å². The zero-order valence-electron chi connectivity index (χ0n) is 9.48. The highest BCUT2D eigenvalue weighted by Crippen LogP contribution is 2.26. The average molecular weight is 279 g/mol. The fraction of sp³-hybridized carbons (Fsp3) is 0.0833. The third kappa shape index (κ3) is 1.65. The van der Waals surface area contributed by atoms with Crippen molar-refractivity contribution < 1.29 is 0 Å². The van der Waals surface area contributed by atoms with Crippen molar-refractivity contribution >= 4 is 35.4 Å². The Morgan fingerprint density at radius 3 is 2.61 bits per heavy atom. The van der Waals surface area contributed by atoms with Gasteiger partial charge in [-0.15, -0.1) is 9.73 Å². The first-order valence-corrected chi connectivity index (χ1v) is 5.99. The van der Waals surface area contributed by atoms with Crippen LogP contribution in [0.1, 0.15) is 5.69 Å². The van der Waals surface area contributed by atoms with Gasteiger partial charge in [-0.1, -0.05) is 29.8 Å². The number of benzene rings is 1. The van der Waals surface area contributed by atoms with Gasteiger partial charge in [0.25, 0.3) is 0 Å². The van der Waals surface area contributed by atoms with E-state index in [4.69, 9.17) is 23.2 Å². The van der Waals surface area contributed by atoms with Crippen LogP contribution in [0.4, 0.5) is 0 Å². The Bertz CT molecular complexity index is 794. The van der Waals surface area contributed by atoms with Crippen LogP contribution in [0.15, 0.2) is 18.2 Å². The van der Waals surface area contributed by atoms with Crippen LogP contribution in [-0.4, -0.2) is 19.8 Å². The highest BCUT2D eigenvalue weighted by atomic mass is 35.5. The standard InChI is InChI=1S/C12H8Cl2N4/c1-6-7(2)16-18-12(6)15-11(17-18)8-3-4-9(13)10(14)5-8/h3-5H,1H2,2H3. The number of halogens is 2. The highest BCUT2D eigenvalue weighted by molar-refractivity contribution is 6.42. The van der Waals surface area contributed by atoms with Gasteiger partial charge >= 0.3 is 0 Å². The van der Waals surface area contributed by atoms with Gasteiger partial charge in [-0.05, 0) is 25.1 Å². The van der Waals surface area contributed by atoms with Gasteiger partial charge in [0.05, 0.1) is 15.7 Å². The lowest BCUT2D eigenvalue weighted by atomic mass is 10.2. The van der Waals surface area contributed by atoms with Crippen LogP contribution in [0.3, 0.4) is 0 Å². The number of rotatable bonds is 1. The smallest absolute Gasteiger partial charge is 0.185 e. The van der Waals surface area contributed by atoms with Gasteiger partial charge in [-0.3, -0.25) is 0 Å². The second-order valence-corrected chi connectivity index (χ2v) is 4.76. The van der Waals surface area contributed by atoms with Gasteiger partial charge in [0, 0.05) is 10.8 Å². The molecule has 0 aliphatic carbocycles. The maximum Gasteiger partial charge on any atom is 0.185 e. The molecular weight excluding hydrogens is 271 g/mol. The van der Waals surface area contributed by atoms with Crippen LogP contribution >= 0.6 is 23.2 Å². The van der Waals surface area contributed by atoms with Crippen molar-refractivity contribution in [1.82, 2.24) is 19.8 Å². The van der Waals surface area contributed by atoms with Crippen molar-refractivity contribution in [1.29, 1.82) is 0 Å². The van der Waals surface area contributed by atoms with E-state index >= 15 is 0 Å². The number of aryl methyl sites for hydroxylation is 1. The minimum Gasteiger partial charge on any atom is -0.204 e. The molecule has 2 heterocycles. The molecule has 0 atom stereocenters. The molecule has 0 spiro atoms. The van der Waals surface area contributed by atoms with Crippen LogP contribution in [0.5, 0.6) is 0 Å². The summed E-state index contributed by atoms with van der Waals surface area (Å²) < 4.78 is 1.48. The molecule has 0 aliphatic rings. The maximum absolute atomic E-state index is 5.97.